The quantitative estimate of drug-likeness (QED) is 0.892. The van der Waals surface area contributed by atoms with Crippen molar-refractivity contribution >= 4 is 15.9 Å². The minimum Gasteiger partial charge on any atom is -0.381 e. The van der Waals surface area contributed by atoms with E-state index in [1.807, 2.05) is 24.3 Å². The third-order valence-corrected chi connectivity index (χ3v) is 3.50. The molecule has 2 aromatic rings. The molecule has 0 aliphatic carbocycles. The SMILES string of the molecule is CC(O)(c1ccc(F)cc1)c1ccccc1Br. The Bertz CT molecular complexity index is 520. The van der Waals surface area contributed by atoms with Crippen LogP contribution in [0.5, 0.6) is 0 Å². The third-order valence-electron chi connectivity index (χ3n) is 2.80. The van der Waals surface area contributed by atoms with Crippen LogP contribution in [-0.4, -0.2) is 5.11 Å². The van der Waals surface area contributed by atoms with Crippen LogP contribution >= 0.6 is 15.9 Å². The maximum Gasteiger partial charge on any atom is 0.123 e. The molecule has 1 N–H and O–H groups in total. The molecule has 2 rings (SSSR count). The standard InChI is InChI=1S/C14H12BrFO/c1-14(17,10-6-8-11(16)9-7-10)12-4-2-3-5-13(12)15/h2-9,17H,1H3. The average Bonchev–Trinajstić information content (AvgIpc) is 2.30. The maximum atomic E-state index is 12.9. The second-order valence-corrected chi connectivity index (χ2v) is 4.91. The van der Waals surface area contributed by atoms with Crippen LogP contribution in [0, 0.1) is 5.82 Å². The van der Waals surface area contributed by atoms with E-state index in [-0.39, 0.29) is 5.82 Å². The van der Waals surface area contributed by atoms with Crippen molar-refractivity contribution in [2.24, 2.45) is 0 Å². The van der Waals surface area contributed by atoms with Gasteiger partial charge < -0.3 is 5.11 Å². The van der Waals surface area contributed by atoms with Gasteiger partial charge in [0.15, 0.2) is 0 Å². The van der Waals surface area contributed by atoms with Crippen LogP contribution in [-0.2, 0) is 5.60 Å². The first-order valence-corrected chi connectivity index (χ1v) is 6.04. The highest BCUT2D eigenvalue weighted by Crippen LogP contribution is 2.33. The van der Waals surface area contributed by atoms with Crippen LogP contribution < -0.4 is 0 Å². The van der Waals surface area contributed by atoms with E-state index >= 15 is 0 Å². The summed E-state index contributed by atoms with van der Waals surface area (Å²) >= 11 is 3.41. The topological polar surface area (TPSA) is 20.2 Å². The van der Waals surface area contributed by atoms with Crippen molar-refractivity contribution in [2.75, 3.05) is 0 Å². The fourth-order valence-electron chi connectivity index (χ4n) is 1.79. The number of hydrogen-bond donors (Lipinski definition) is 1. The summed E-state index contributed by atoms with van der Waals surface area (Å²) in [5.41, 5.74) is 0.269. The second kappa shape index (κ2) is 4.59. The first kappa shape index (κ1) is 12.3. The van der Waals surface area contributed by atoms with Crippen molar-refractivity contribution in [1.29, 1.82) is 0 Å². The summed E-state index contributed by atoms with van der Waals surface area (Å²) in [6.07, 6.45) is 0. The molecule has 3 heteroatoms. The Morgan fingerprint density at radius 2 is 1.65 bits per heavy atom. The molecule has 88 valence electrons. The maximum absolute atomic E-state index is 12.9. The van der Waals surface area contributed by atoms with E-state index in [0.29, 0.717) is 5.56 Å². The van der Waals surface area contributed by atoms with Crippen molar-refractivity contribution in [3.63, 3.8) is 0 Å². The van der Waals surface area contributed by atoms with Gasteiger partial charge in [-0.15, -0.1) is 0 Å². The molecule has 2 aromatic carbocycles. The van der Waals surface area contributed by atoms with Gasteiger partial charge in [-0.3, -0.25) is 0 Å². The van der Waals surface area contributed by atoms with Crippen molar-refractivity contribution in [2.45, 2.75) is 12.5 Å². The molecule has 0 aromatic heterocycles. The van der Waals surface area contributed by atoms with E-state index < -0.39 is 5.60 Å². The Balaban J connectivity index is 2.49. The molecule has 0 saturated heterocycles. The van der Waals surface area contributed by atoms with Crippen molar-refractivity contribution in [3.05, 3.63) is 69.9 Å². The molecule has 1 atom stereocenters. The Morgan fingerprint density at radius 1 is 1.06 bits per heavy atom. The normalized spacial score (nSPS) is 14.4. The number of rotatable bonds is 2. The number of aliphatic hydroxyl groups is 1. The van der Waals surface area contributed by atoms with Gasteiger partial charge in [0.2, 0.25) is 0 Å². The van der Waals surface area contributed by atoms with Crippen molar-refractivity contribution in [1.82, 2.24) is 0 Å². The Kier molecular flexibility index (Phi) is 3.31. The highest BCUT2D eigenvalue weighted by molar-refractivity contribution is 9.10. The van der Waals surface area contributed by atoms with E-state index in [0.717, 1.165) is 10.0 Å². The summed E-state index contributed by atoms with van der Waals surface area (Å²) in [5.74, 6) is -0.309. The summed E-state index contributed by atoms with van der Waals surface area (Å²) in [7, 11) is 0. The van der Waals surface area contributed by atoms with Gasteiger partial charge in [-0.25, -0.2) is 4.39 Å². The van der Waals surface area contributed by atoms with E-state index in [9.17, 15) is 9.50 Å². The van der Waals surface area contributed by atoms with Crippen LogP contribution in [0.25, 0.3) is 0 Å². The Hall–Kier alpha value is -1.19. The minimum atomic E-state index is -1.15. The van der Waals surface area contributed by atoms with Crippen LogP contribution in [0.2, 0.25) is 0 Å². The molecular weight excluding hydrogens is 283 g/mol. The number of hydrogen-bond acceptors (Lipinski definition) is 1. The summed E-state index contributed by atoms with van der Waals surface area (Å²) in [6.45, 7) is 1.69. The lowest BCUT2D eigenvalue weighted by molar-refractivity contribution is 0.101. The Labute approximate surface area is 108 Å². The van der Waals surface area contributed by atoms with Gasteiger partial charge in [-0.05, 0) is 30.7 Å². The van der Waals surface area contributed by atoms with E-state index in [1.165, 1.54) is 12.1 Å². The summed E-state index contributed by atoms with van der Waals surface area (Å²) in [4.78, 5) is 0. The molecular formula is C14H12BrFO. The molecule has 1 nitrogen and oxygen atoms in total. The average molecular weight is 295 g/mol. The highest BCUT2D eigenvalue weighted by Gasteiger charge is 2.27. The van der Waals surface area contributed by atoms with Crippen molar-refractivity contribution < 1.29 is 9.50 Å². The zero-order valence-electron chi connectivity index (χ0n) is 9.32. The van der Waals surface area contributed by atoms with Gasteiger partial charge in [0.05, 0.1) is 0 Å². The molecule has 0 aliphatic rings. The molecule has 0 fully saturated rings. The fraction of sp³-hybridized carbons (Fsp3) is 0.143. The van der Waals surface area contributed by atoms with E-state index in [4.69, 9.17) is 0 Å². The zero-order valence-corrected chi connectivity index (χ0v) is 10.9. The fourth-order valence-corrected chi connectivity index (χ4v) is 2.46. The van der Waals surface area contributed by atoms with Gasteiger partial charge in [0.1, 0.15) is 11.4 Å². The molecule has 17 heavy (non-hydrogen) atoms. The predicted molar refractivity (Wildman–Crippen MR) is 69.2 cm³/mol. The molecule has 0 aliphatic heterocycles. The second-order valence-electron chi connectivity index (χ2n) is 4.06. The van der Waals surface area contributed by atoms with Gasteiger partial charge >= 0.3 is 0 Å². The summed E-state index contributed by atoms with van der Waals surface area (Å²) in [5, 5.41) is 10.6. The molecule has 0 bridgehead atoms. The van der Waals surface area contributed by atoms with E-state index in [2.05, 4.69) is 15.9 Å². The summed E-state index contributed by atoms with van der Waals surface area (Å²) < 4.78 is 13.7. The molecule has 0 amide bonds. The molecule has 1 unspecified atom stereocenters. The minimum absolute atomic E-state index is 0.309. The smallest absolute Gasteiger partial charge is 0.123 e. The third kappa shape index (κ3) is 2.40. The van der Waals surface area contributed by atoms with Gasteiger partial charge in [0, 0.05) is 10.0 Å². The molecule has 0 radical (unpaired) electrons. The van der Waals surface area contributed by atoms with Crippen LogP contribution in [0.15, 0.2) is 53.0 Å². The van der Waals surface area contributed by atoms with Gasteiger partial charge in [-0.1, -0.05) is 46.3 Å². The molecule has 0 spiro atoms. The van der Waals surface area contributed by atoms with Gasteiger partial charge in [-0.2, -0.15) is 0 Å². The predicted octanol–water partition coefficient (Wildman–Crippen LogP) is 3.84. The number of benzene rings is 2. The van der Waals surface area contributed by atoms with E-state index in [1.54, 1.807) is 19.1 Å². The van der Waals surface area contributed by atoms with Crippen LogP contribution in [0.3, 0.4) is 0 Å². The number of halogens is 2. The lowest BCUT2D eigenvalue weighted by Gasteiger charge is -2.25. The first-order chi connectivity index (χ1) is 8.01. The lowest BCUT2D eigenvalue weighted by Crippen LogP contribution is -2.23. The summed E-state index contributed by atoms with van der Waals surface area (Å²) in [6, 6.07) is 13.3. The Morgan fingerprint density at radius 3 is 2.24 bits per heavy atom. The highest BCUT2D eigenvalue weighted by atomic mass is 79.9. The van der Waals surface area contributed by atoms with Crippen molar-refractivity contribution in [3.8, 4) is 0 Å². The monoisotopic (exact) mass is 294 g/mol. The molecule has 0 heterocycles. The lowest BCUT2D eigenvalue weighted by atomic mass is 9.88. The van der Waals surface area contributed by atoms with Gasteiger partial charge in [0.25, 0.3) is 0 Å². The van der Waals surface area contributed by atoms with Crippen LogP contribution in [0.4, 0.5) is 4.39 Å². The molecule has 0 saturated carbocycles. The first-order valence-electron chi connectivity index (χ1n) is 5.25. The largest absolute Gasteiger partial charge is 0.381 e. The zero-order chi connectivity index (χ0) is 12.5. The van der Waals surface area contributed by atoms with Crippen LogP contribution in [0.1, 0.15) is 18.1 Å².